The molecule has 1 heterocycles. The van der Waals surface area contributed by atoms with E-state index in [0.717, 1.165) is 81.8 Å². The molecule has 0 saturated heterocycles. The molecule has 63 heavy (non-hydrogen) atoms. The summed E-state index contributed by atoms with van der Waals surface area (Å²) >= 11 is 0. The van der Waals surface area contributed by atoms with Gasteiger partial charge in [-0.05, 0) is 161 Å². The van der Waals surface area contributed by atoms with Gasteiger partial charge in [-0.3, -0.25) is 15.1 Å². The molecule has 2 bridgehead atoms. The first-order valence-electron chi connectivity index (χ1n) is 23.7. The average molecular weight is 863 g/mol. The first-order valence-corrected chi connectivity index (χ1v) is 23.7. The van der Waals surface area contributed by atoms with Crippen LogP contribution in [0.5, 0.6) is 23.0 Å². The Morgan fingerprint density at radius 3 is 2.60 bits per heavy atom. The van der Waals surface area contributed by atoms with E-state index in [1.807, 2.05) is 25.3 Å². The molecule has 6 N–H and O–H groups in total. The monoisotopic (exact) mass is 863 g/mol. The number of phenols is 2. The van der Waals surface area contributed by atoms with E-state index in [1.165, 1.54) is 7.11 Å². The molecule has 11 nitrogen and oxygen atoms in total. The van der Waals surface area contributed by atoms with Gasteiger partial charge < -0.3 is 40.2 Å². The Hall–Kier alpha value is -4.50. The van der Waals surface area contributed by atoms with Crippen LogP contribution in [0, 0.1) is 58.8 Å². The molecule has 11 heteroatoms. The van der Waals surface area contributed by atoms with Crippen LogP contribution in [-0.2, 0) is 21.4 Å². The molecule has 0 radical (unpaired) electrons. The number of fused-ring (bicyclic) bond motifs is 5. The number of aliphatic hydroxyl groups is 1. The number of phenolic OH excluding ortho intramolecular Hbond substituents is 2. The second kappa shape index (κ2) is 18.9. The lowest BCUT2D eigenvalue weighted by atomic mass is 9.50. The van der Waals surface area contributed by atoms with Gasteiger partial charge in [0.2, 0.25) is 5.96 Å². The number of rotatable bonds is 11. The van der Waals surface area contributed by atoms with Crippen molar-refractivity contribution < 1.29 is 34.3 Å². The van der Waals surface area contributed by atoms with E-state index >= 15 is 4.79 Å². The number of likely N-dealkylation sites (N-methyl/N-ethyl adjacent to an activating group) is 1. The van der Waals surface area contributed by atoms with Crippen molar-refractivity contribution in [1.29, 1.82) is 0 Å². The molecule has 0 amide bonds. The Morgan fingerprint density at radius 2 is 1.83 bits per heavy atom. The van der Waals surface area contributed by atoms with Crippen molar-refractivity contribution in [2.45, 2.75) is 121 Å². The zero-order valence-corrected chi connectivity index (χ0v) is 38.1. The van der Waals surface area contributed by atoms with Crippen molar-refractivity contribution in [2.75, 3.05) is 40.2 Å². The van der Waals surface area contributed by atoms with Crippen molar-refractivity contribution in [2.24, 2.45) is 51.8 Å². The first kappa shape index (κ1) is 45.1. The molecule has 4 fully saturated rings. The number of hydrogen-bond donors (Lipinski definition) is 6. The second-order valence-electron chi connectivity index (χ2n) is 19.7. The summed E-state index contributed by atoms with van der Waals surface area (Å²) in [5.41, 5.74) is 0.969. The molecule has 8 rings (SSSR count). The van der Waals surface area contributed by atoms with Crippen LogP contribution in [0.1, 0.15) is 108 Å². The van der Waals surface area contributed by atoms with Crippen LogP contribution in [0.4, 0.5) is 5.69 Å². The summed E-state index contributed by atoms with van der Waals surface area (Å²) < 4.78 is 17.9. The molecule has 1 aliphatic heterocycles. The molecule has 340 valence electrons. The summed E-state index contributed by atoms with van der Waals surface area (Å²) in [6.45, 7) is 2.86. The highest BCUT2D eigenvalue weighted by Crippen LogP contribution is 2.64. The normalized spacial score (nSPS) is 35.2. The van der Waals surface area contributed by atoms with E-state index < -0.39 is 17.3 Å². The predicted octanol–water partition coefficient (Wildman–Crippen LogP) is 8.38. The van der Waals surface area contributed by atoms with Crippen molar-refractivity contribution in [3.63, 3.8) is 0 Å². The number of nitrogens with zero attached hydrogens (tertiary/aromatic N) is 1. The minimum atomic E-state index is -0.839. The van der Waals surface area contributed by atoms with Crippen LogP contribution in [0.3, 0.4) is 0 Å². The van der Waals surface area contributed by atoms with Gasteiger partial charge in [0.15, 0.2) is 35.1 Å². The fourth-order valence-electron chi connectivity index (χ4n) is 13.3. The van der Waals surface area contributed by atoms with E-state index in [2.05, 4.69) is 70.2 Å². The maximum absolute atomic E-state index is 15.4. The minimum absolute atomic E-state index is 0.0155. The highest BCUT2D eigenvalue weighted by molar-refractivity contribution is 5.97. The Kier molecular flexibility index (Phi) is 13.5. The maximum Gasteiger partial charge on any atom is 0.207 e. The Morgan fingerprint density at radius 1 is 1.00 bits per heavy atom. The zero-order valence-electron chi connectivity index (χ0n) is 38.1. The largest absolute Gasteiger partial charge is 0.504 e. The quantitative estimate of drug-likeness (QED) is 0.0562. The van der Waals surface area contributed by atoms with E-state index in [1.54, 1.807) is 20.2 Å². The molecular formula is C52H70N4O7. The number of ether oxygens (including phenoxy) is 3. The summed E-state index contributed by atoms with van der Waals surface area (Å²) in [4.78, 5) is 19.9. The Labute approximate surface area is 374 Å². The molecular weight excluding hydrogens is 793 g/mol. The molecule has 11 atom stereocenters. The number of guanidine groups is 1. The molecule has 2 aromatic carbocycles. The summed E-state index contributed by atoms with van der Waals surface area (Å²) in [5, 5.41) is 43.2. The van der Waals surface area contributed by atoms with Gasteiger partial charge in [-0.15, -0.1) is 0 Å². The number of aromatic hydroxyl groups is 2. The summed E-state index contributed by atoms with van der Waals surface area (Å²) in [6.07, 6.45) is 21.2. The molecule has 1 spiro atoms. The van der Waals surface area contributed by atoms with E-state index in [4.69, 9.17) is 14.2 Å². The smallest absolute Gasteiger partial charge is 0.207 e. The Bertz CT molecular complexity index is 2140. The highest BCUT2D eigenvalue weighted by atomic mass is 16.6. The number of anilines is 1. The number of aliphatic hydroxyl groups excluding tert-OH is 1. The van der Waals surface area contributed by atoms with Crippen LogP contribution in [0.2, 0.25) is 0 Å². The zero-order chi connectivity index (χ0) is 44.4. The van der Waals surface area contributed by atoms with Crippen LogP contribution in [-0.4, -0.2) is 73.8 Å². The first-order chi connectivity index (χ1) is 30.5. The molecule has 0 aromatic heterocycles. The fourth-order valence-corrected chi connectivity index (χ4v) is 13.3. The number of methoxy groups -OCH3 is 2. The van der Waals surface area contributed by atoms with Crippen LogP contribution < -0.4 is 25.4 Å². The van der Waals surface area contributed by atoms with Crippen LogP contribution in [0.25, 0.3) is 0 Å². The molecule has 6 aliphatic rings. The lowest BCUT2D eigenvalue weighted by molar-refractivity contribution is -0.125. The topological polar surface area (TPSA) is 154 Å². The second-order valence-corrected chi connectivity index (χ2v) is 19.7. The highest BCUT2D eigenvalue weighted by Gasteiger charge is 2.57. The van der Waals surface area contributed by atoms with Crippen molar-refractivity contribution in [1.82, 2.24) is 10.6 Å². The van der Waals surface area contributed by atoms with Crippen LogP contribution >= 0.6 is 0 Å². The van der Waals surface area contributed by atoms with Gasteiger partial charge in [0.25, 0.3) is 0 Å². The van der Waals surface area contributed by atoms with E-state index in [0.29, 0.717) is 79.0 Å². The van der Waals surface area contributed by atoms with E-state index in [-0.39, 0.29) is 40.5 Å². The van der Waals surface area contributed by atoms with Gasteiger partial charge >= 0.3 is 0 Å². The van der Waals surface area contributed by atoms with Crippen molar-refractivity contribution in [3.8, 4) is 35.0 Å². The number of carbonyl (C=O) groups is 1. The van der Waals surface area contributed by atoms with Crippen LogP contribution in [0.15, 0.2) is 59.6 Å². The number of ketones is 1. The van der Waals surface area contributed by atoms with Gasteiger partial charge in [0.05, 0.1) is 12.8 Å². The third-order valence-electron chi connectivity index (χ3n) is 16.4. The maximum atomic E-state index is 15.4. The average Bonchev–Trinajstić information content (AvgIpc) is 4.02. The number of aliphatic imine (C=N–C) groups is 1. The number of nitrogens with one attached hydrogen (secondary N) is 3. The van der Waals surface area contributed by atoms with Gasteiger partial charge in [-0.1, -0.05) is 50.0 Å². The third-order valence-corrected chi connectivity index (χ3v) is 16.4. The third kappa shape index (κ3) is 8.72. The number of benzene rings is 2. The van der Waals surface area contributed by atoms with Gasteiger partial charge in [0, 0.05) is 50.4 Å². The molecule has 0 unspecified atom stereocenters. The number of allylic oxidation sites excluding steroid dienone is 4. The Balaban J connectivity index is 1.28. The lowest BCUT2D eigenvalue weighted by Crippen LogP contribution is -2.50. The summed E-state index contributed by atoms with van der Waals surface area (Å²) in [6, 6.07) is 12.8. The van der Waals surface area contributed by atoms with Crippen molar-refractivity contribution in [3.05, 3.63) is 65.8 Å². The molecule has 2 aromatic rings. The standard InChI is InChI=1S/C52H70N4O7/c1-6-33-13-15-36-27-38-11-8-21-52(38)39-28-42(48(60)45(29-39)63-50(32-53-2)22-19-35(30-50)26-47(59)62-5)56-49(54-3)55-23-9-12-37-10-7-20-51(37,46(58)18-16-41(52)40(36)24-33)31-34-14-17-43(57)44(25-34)61-4/h13-18,25,28-29,33,35-38,40-41,47,53,57,59-60H,6-8,10-12,19-22,24,26-27,30-32H2,1-5H3,(H2,54,55,56)/b18-16+/t33-,35-,36+,37-,38-,40+,41+,47+,50-,51-,52-/m0/s1. The van der Waals surface area contributed by atoms with Crippen molar-refractivity contribution >= 4 is 17.4 Å². The summed E-state index contributed by atoms with van der Waals surface area (Å²) in [5.74, 6) is 6.70. The minimum Gasteiger partial charge on any atom is -0.504 e. The molecule has 4 saturated carbocycles. The SMILES string of the molecule is CC[C@H]1C=C[C@@H]2C[C@@H]3CCC[C@@]34c3cc(c(O)c(O[C@@]5(CNC)CC[C@@H](C[C@H](O)OC)C5)c3)NC(=NC)NC#CC[C@@H]3CCC[C@@]3(Cc3ccc(O)c(OC)c3)C(=O)/C=C/[C@@H]4[C@@H]2C1. The molecule has 5 aliphatic carbocycles. The summed E-state index contributed by atoms with van der Waals surface area (Å²) in [7, 11) is 6.71. The van der Waals surface area contributed by atoms with Gasteiger partial charge in [-0.25, -0.2) is 0 Å². The lowest BCUT2D eigenvalue weighted by Gasteiger charge is -2.54. The predicted molar refractivity (Wildman–Crippen MR) is 247 cm³/mol. The number of hydrogen-bond acceptors (Lipinski definition) is 9. The fraction of sp³-hybridized carbons (Fsp3) is 0.615. The van der Waals surface area contributed by atoms with Gasteiger partial charge in [0.1, 0.15) is 5.60 Å². The van der Waals surface area contributed by atoms with Gasteiger partial charge in [-0.2, -0.15) is 0 Å². The number of carbonyl (C=O) groups excluding carboxylic acids is 1. The van der Waals surface area contributed by atoms with E-state index in [9.17, 15) is 15.3 Å².